The fourth-order valence-electron chi connectivity index (χ4n) is 3.68. The van der Waals surface area contributed by atoms with E-state index in [-0.39, 0.29) is 6.04 Å². The van der Waals surface area contributed by atoms with Crippen LogP contribution in [0, 0.1) is 5.92 Å². The number of rotatable bonds is 4. The van der Waals surface area contributed by atoms with Crippen LogP contribution in [0.5, 0.6) is 0 Å². The van der Waals surface area contributed by atoms with Gasteiger partial charge in [0.25, 0.3) is 0 Å². The van der Waals surface area contributed by atoms with Crippen molar-refractivity contribution in [2.45, 2.75) is 26.3 Å². The molecule has 1 aliphatic heterocycles. The molecule has 3 aromatic rings. The van der Waals surface area contributed by atoms with E-state index in [1.165, 1.54) is 21.9 Å². The van der Waals surface area contributed by atoms with Gasteiger partial charge in [-0.2, -0.15) is 0 Å². The number of fused-ring (bicyclic) bond motifs is 3. The van der Waals surface area contributed by atoms with Crippen LogP contribution in [0.15, 0.2) is 78.0 Å². The molecule has 0 spiro atoms. The van der Waals surface area contributed by atoms with Crippen LogP contribution in [0.25, 0.3) is 21.9 Å². The monoisotopic (exact) mass is 329 g/mol. The summed E-state index contributed by atoms with van der Waals surface area (Å²) in [6.07, 6.45) is 11.2. The Kier molecular flexibility index (Phi) is 3.96. The molecule has 0 N–H and O–H groups in total. The highest BCUT2D eigenvalue weighted by Crippen LogP contribution is 2.38. The van der Waals surface area contributed by atoms with Crippen LogP contribution in [0.2, 0.25) is 0 Å². The van der Waals surface area contributed by atoms with Crippen molar-refractivity contribution < 1.29 is 4.42 Å². The summed E-state index contributed by atoms with van der Waals surface area (Å²) in [5.41, 5.74) is 4.46. The lowest BCUT2D eigenvalue weighted by Crippen LogP contribution is -2.17. The number of benzene rings is 2. The number of allylic oxidation sites excluding steroid dienone is 2. The van der Waals surface area contributed by atoms with Gasteiger partial charge < -0.3 is 9.32 Å². The molecule has 2 aromatic carbocycles. The van der Waals surface area contributed by atoms with Crippen molar-refractivity contribution in [2.24, 2.45) is 5.92 Å². The van der Waals surface area contributed by atoms with Crippen molar-refractivity contribution >= 4 is 21.9 Å². The van der Waals surface area contributed by atoms with Gasteiger partial charge in [0.15, 0.2) is 0 Å². The summed E-state index contributed by atoms with van der Waals surface area (Å²) < 4.78 is 6.44. The summed E-state index contributed by atoms with van der Waals surface area (Å²) in [6.45, 7) is 8.43. The Morgan fingerprint density at radius 3 is 2.60 bits per heavy atom. The van der Waals surface area contributed by atoms with Gasteiger partial charge in [0.2, 0.25) is 0 Å². The predicted molar refractivity (Wildman–Crippen MR) is 105 cm³/mol. The van der Waals surface area contributed by atoms with E-state index in [1.54, 1.807) is 0 Å². The average Bonchev–Trinajstić information content (AvgIpc) is 3.01. The van der Waals surface area contributed by atoms with Crippen molar-refractivity contribution in [3.8, 4) is 0 Å². The minimum atomic E-state index is 0.111. The lowest BCUT2D eigenvalue weighted by atomic mass is 9.98. The second kappa shape index (κ2) is 6.29. The molecule has 0 bridgehead atoms. The molecule has 1 atom stereocenters. The lowest BCUT2D eigenvalue weighted by molar-refractivity contribution is 0.433. The fraction of sp³-hybridized carbons (Fsp3) is 0.217. The van der Waals surface area contributed by atoms with E-state index in [1.807, 2.05) is 18.5 Å². The normalized spacial score (nSPS) is 17.1. The van der Waals surface area contributed by atoms with Crippen LogP contribution in [-0.4, -0.2) is 4.90 Å². The molecule has 0 radical (unpaired) electrons. The highest BCUT2D eigenvalue weighted by atomic mass is 16.3. The van der Waals surface area contributed by atoms with Gasteiger partial charge in [-0.3, -0.25) is 0 Å². The maximum atomic E-state index is 6.44. The maximum Gasteiger partial charge on any atom is 0.141 e. The summed E-state index contributed by atoms with van der Waals surface area (Å²) in [5, 5.41) is 2.39. The Balaban J connectivity index is 1.94. The van der Waals surface area contributed by atoms with Crippen molar-refractivity contribution in [1.29, 1.82) is 0 Å². The zero-order valence-corrected chi connectivity index (χ0v) is 14.8. The summed E-state index contributed by atoms with van der Waals surface area (Å²) in [4.78, 5) is 2.11. The molecular formula is C23H23NO. The van der Waals surface area contributed by atoms with Crippen LogP contribution in [0.1, 0.15) is 31.0 Å². The van der Waals surface area contributed by atoms with Crippen LogP contribution in [0.4, 0.5) is 0 Å². The number of hydrogen-bond acceptors (Lipinski definition) is 2. The summed E-state index contributed by atoms with van der Waals surface area (Å²) in [6, 6.07) is 13.0. The Morgan fingerprint density at radius 1 is 1.08 bits per heavy atom. The highest BCUT2D eigenvalue weighted by Gasteiger charge is 2.21. The average molecular weight is 329 g/mol. The zero-order chi connectivity index (χ0) is 17.4. The van der Waals surface area contributed by atoms with Gasteiger partial charge in [-0.1, -0.05) is 69.0 Å². The van der Waals surface area contributed by atoms with E-state index in [9.17, 15) is 0 Å². The van der Waals surface area contributed by atoms with Crippen LogP contribution < -0.4 is 0 Å². The first kappa shape index (κ1) is 15.8. The second-order valence-corrected chi connectivity index (χ2v) is 7.02. The van der Waals surface area contributed by atoms with Crippen LogP contribution in [-0.2, 0) is 6.42 Å². The fourth-order valence-corrected chi connectivity index (χ4v) is 3.68. The van der Waals surface area contributed by atoms with Crippen molar-refractivity contribution in [3.05, 3.63) is 84.7 Å². The molecule has 0 saturated heterocycles. The van der Waals surface area contributed by atoms with Crippen molar-refractivity contribution in [2.75, 3.05) is 0 Å². The van der Waals surface area contributed by atoms with Crippen molar-refractivity contribution in [3.63, 3.8) is 0 Å². The first-order valence-corrected chi connectivity index (χ1v) is 8.87. The molecule has 2 heteroatoms. The first-order valence-electron chi connectivity index (χ1n) is 8.87. The van der Waals surface area contributed by atoms with Gasteiger partial charge in [-0.15, -0.1) is 0 Å². The molecular weight excluding hydrogens is 306 g/mol. The van der Waals surface area contributed by atoms with Gasteiger partial charge in [0.1, 0.15) is 11.2 Å². The zero-order valence-electron chi connectivity index (χ0n) is 14.8. The standard InChI is InChI=1S/C23H23NO/c1-4-24-14-6-5-13-21(24)20-12-8-11-19-18-10-7-9-17(15-16(2)3)22(18)25-23(19)20/h4-14,16,21H,1,15H2,2-3H3. The molecule has 25 heavy (non-hydrogen) atoms. The lowest BCUT2D eigenvalue weighted by Gasteiger charge is -2.27. The van der Waals surface area contributed by atoms with E-state index in [4.69, 9.17) is 4.42 Å². The molecule has 0 fully saturated rings. The number of para-hydroxylation sites is 2. The summed E-state index contributed by atoms with van der Waals surface area (Å²) in [5.74, 6) is 0.598. The van der Waals surface area contributed by atoms with E-state index < -0.39 is 0 Å². The van der Waals surface area contributed by atoms with Gasteiger partial charge in [0.05, 0.1) is 6.04 Å². The minimum Gasteiger partial charge on any atom is -0.455 e. The molecule has 0 saturated carbocycles. The smallest absolute Gasteiger partial charge is 0.141 e. The van der Waals surface area contributed by atoms with E-state index in [0.29, 0.717) is 5.92 Å². The third kappa shape index (κ3) is 2.68. The molecule has 1 unspecified atom stereocenters. The largest absolute Gasteiger partial charge is 0.455 e. The number of furan rings is 1. The number of nitrogens with zero attached hydrogens (tertiary/aromatic N) is 1. The molecule has 2 nitrogen and oxygen atoms in total. The Labute approximate surface area is 148 Å². The number of hydrogen-bond donors (Lipinski definition) is 0. The topological polar surface area (TPSA) is 16.4 Å². The summed E-state index contributed by atoms with van der Waals surface area (Å²) >= 11 is 0. The van der Waals surface area contributed by atoms with Crippen LogP contribution >= 0.6 is 0 Å². The third-order valence-electron chi connectivity index (χ3n) is 4.78. The molecule has 1 aromatic heterocycles. The first-order chi connectivity index (χ1) is 12.2. The Morgan fingerprint density at radius 2 is 1.84 bits per heavy atom. The van der Waals surface area contributed by atoms with Gasteiger partial charge in [-0.05, 0) is 30.2 Å². The summed E-state index contributed by atoms with van der Waals surface area (Å²) in [7, 11) is 0. The molecule has 126 valence electrons. The molecule has 0 amide bonds. The van der Waals surface area contributed by atoms with Gasteiger partial charge >= 0.3 is 0 Å². The molecule has 1 aliphatic rings. The quantitative estimate of drug-likeness (QED) is 0.554. The van der Waals surface area contributed by atoms with Crippen molar-refractivity contribution in [1.82, 2.24) is 4.90 Å². The van der Waals surface area contributed by atoms with Crippen LogP contribution in [0.3, 0.4) is 0 Å². The third-order valence-corrected chi connectivity index (χ3v) is 4.78. The Hall–Kier alpha value is -2.74. The highest BCUT2D eigenvalue weighted by molar-refractivity contribution is 6.07. The second-order valence-electron chi connectivity index (χ2n) is 7.02. The van der Waals surface area contributed by atoms with E-state index in [2.05, 4.69) is 73.9 Å². The molecule has 2 heterocycles. The van der Waals surface area contributed by atoms with E-state index in [0.717, 1.165) is 17.6 Å². The molecule has 0 aliphatic carbocycles. The van der Waals surface area contributed by atoms with E-state index >= 15 is 0 Å². The van der Waals surface area contributed by atoms with Gasteiger partial charge in [-0.25, -0.2) is 0 Å². The SMILES string of the molecule is C=CN1C=CC=CC1c1cccc2c1oc1c(CC(C)C)cccc12. The Bertz CT molecular complexity index is 990. The van der Waals surface area contributed by atoms with Gasteiger partial charge in [0, 0.05) is 22.5 Å². The minimum absolute atomic E-state index is 0.111. The molecule has 4 rings (SSSR count). The maximum absolute atomic E-state index is 6.44. The predicted octanol–water partition coefficient (Wildman–Crippen LogP) is 6.35.